The van der Waals surface area contributed by atoms with Gasteiger partial charge in [0.2, 0.25) is 11.8 Å². The van der Waals surface area contributed by atoms with E-state index in [1.807, 2.05) is 0 Å². The second kappa shape index (κ2) is 9.30. The maximum Gasteiger partial charge on any atom is 0.308 e. The summed E-state index contributed by atoms with van der Waals surface area (Å²) in [4.78, 5) is 62.7. The number of hydrazine groups is 1. The number of carbonyl (C=O) groups excluding carboxylic acids is 5. The van der Waals surface area contributed by atoms with Crippen LogP contribution in [-0.2, 0) is 23.9 Å². The quantitative estimate of drug-likeness (QED) is 0.229. The minimum absolute atomic E-state index is 0.0742. The lowest BCUT2D eigenvalue weighted by molar-refractivity contribution is -0.150. The summed E-state index contributed by atoms with van der Waals surface area (Å²) in [6.45, 7) is -0.670. The van der Waals surface area contributed by atoms with Crippen LogP contribution in [0.15, 0.2) is 30.3 Å². The van der Waals surface area contributed by atoms with Gasteiger partial charge in [-0.2, -0.15) is 0 Å². The maximum absolute atomic E-state index is 12.8. The second-order valence-electron chi connectivity index (χ2n) is 8.11. The Hall–Kier alpha value is -2.27. The molecule has 6 atom stereocenters. The molecule has 1 aromatic carbocycles. The van der Waals surface area contributed by atoms with Crippen LogP contribution >= 0.6 is 31.9 Å². The average Bonchev–Trinajstić information content (AvgIpc) is 3.40. The molecule has 3 aliphatic rings. The number of ether oxygens (including phenoxy) is 1. The smallest absolute Gasteiger partial charge is 0.308 e. The van der Waals surface area contributed by atoms with Crippen LogP contribution in [0.4, 0.5) is 0 Å². The predicted octanol–water partition coefficient (Wildman–Crippen LogP) is 1.16. The van der Waals surface area contributed by atoms with Gasteiger partial charge in [0.15, 0.2) is 6.61 Å². The molecule has 3 fully saturated rings. The van der Waals surface area contributed by atoms with Crippen LogP contribution in [0.5, 0.6) is 0 Å². The number of nitrogens with zero attached hydrogens (tertiary/aromatic N) is 1. The van der Waals surface area contributed by atoms with Gasteiger partial charge in [-0.25, -0.2) is 0 Å². The van der Waals surface area contributed by atoms with E-state index in [1.54, 1.807) is 30.3 Å². The van der Waals surface area contributed by atoms with Gasteiger partial charge in [-0.15, -0.1) is 0 Å². The molecule has 1 aliphatic heterocycles. The van der Waals surface area contributed by atoms with Crippen LogP contribution in [0.25, 0.3) is 0 Å². The van der Waals surface area contributed by atoms with Gasteiger partial charge in [-0.3, -0.25) is 39.7 Å². The molecule has 4 amide bonds. The first-order valence-corrected chi connectivity index (χ1v) is 12.1. The number of hydrogen-bond donors (Lipinski definition) is 2. The lowest BCUT2D eigenvalue weighted by atomic mass is 9.81. The van der Waals surface area contributed by atoms with Crippen molar-refractivity contribution < 1.29 is 28.7 Å². The van der Waals surface area contributed by atoms with E-state index < -0.39 is 24.4 Å². The average molecular weight is 571 g/mol. The number of carbonyl (C=O) groups is 5. The van der Waals surface area contributed by atoms with Crippen LogP contribution in [-0.4, -0.2) is 57.3 Å². The number of rotatable bonds is 6. The number of imide groups is 1. The SMILES string of the molecule is O=C(COC(=O)CCN1C(=O)[C@@H]2[C@H]3C[C@@H]([C@H](Br)[C@@H]3Br)[C@@H]2C1=O)NNC(=O)c1ccccc1. The molecule has 1 aromatic rings. The minimum atomic E-state index is -0.716. The zero-order valence-electron chi connectivity index (χ0n) is 16.8. The summed E-state index contributed by atoms with van der Waals surface area (Å²) in [5, 5.41) is 0. The van der Waals surface area contributed by atoms with Crippen molar-refractivity contribution in [1.82, 2.24) is 15.8 Å². The Kier molecular flexibility index (Phi) is 6.66. The first-order chi connectivity index (χ1) is 15.3. The summed E-state index contributed by atoms with van der Waals surface area (Å²) >= 11 is 7.26. The molecule has 2 N–H and O–H groups in total. The van der Waals surface area contributed by atoms with Crippen LogP contribution < -0.4 is 10.9 Å². The van der Waals surface area contributed by atoms with E-state index in [0.29, 0.717) is 5.56 Å². The van der Waals surface area contributed by atoms with Crippen LogP contribution in [0.1, 0.15) is 23.2 Å². The zero-order valence-corrected chi connectivity index (χ0v) is 20.0. The minimum Gasteiger partial charge on any atom is -0.455 e. The first kappa shape index (κ1) is 22.9. The van der Waals surface area contributed by atoms with Gasteiger partial charge in [0.1, 0.15) is 0 Å². The molecule has 0 spiro atoms. The number of benzene rings is 1. The largest absolute Gasteiger partial charge is 0.455 e. The molecule has 9 nitrogen and oxygen atoms in total. The molecular formula is C21H21Br2N3O6. The van der Waals surface area contributed by atoms with Gasteiger partial charge in [0.25, 0.3) is 11.8 Å². The third-order valence-electron chi connectivity index (χ3n) is 6.33. The fourth-order valence-corrected chi connectivity index (χ4v) is 6.75. The van der Waals surface area contributed by atoms with Gasteiger partial charge < -0.3 is 4.74 Å². The predicted molar refractivity (Wildman–Crippen MR) is 118 cm³/mol. The molecule has 11 heteroatoms. The zero-order chi connectivity index (χ0) is 23.0. The fraction of sp³-hybridized carbons (Fsp3) is 0.476. The highest BCUT2D eigenvalue weighted by molar-refractivity contribution is 9.12. The summed E-state index contributed by atoms with van der Waals surface area (Å²) in [6, 6.07) is 8.29. The van der Waals surface area contributed by atoms with E-state index in [4.69, 9.17) is 4.74 Å². The van der Waals surface area contributed by atoms with Crippen molar-refractivity contribution in [2.24, 2.45) is 23.7 Å². The molecule has 1 heterocycles. The van der Waals surface area contributed by atoms with Crippen molar-refractivity contribution in [3.05, 3.63) is 35.9 Å². The number of likely N-dealkylation sites (tertiary alicyclic amines) is 1. The standard InChI is InChI=1S/C21H21Br2N3O6/c22-17-11-8-12(18(17)23)16-15(11)20(30)26(21(16)31)7-6-14(28)32-9-13(27)24-25-19(29)10-4-2-1-3-5-10/h1-5,11-12,15-18H,6-9H2,(H,24,27)(H,25,29)/t11-,12-,15-,16+,17-,18+/m1/s1. The molecule has 0 unspecified atom stereocenters. The van der Waals surface area contributed by atoms with E-state index in [-0.39, 0.29) is 58.1 Å². The normalized spacial score (nSPS) is 30.2. The lowest BCUT2D eigenvalue weighted by Crippen LogP contribution is -2.43. The number of alkyl halides is 2. The molecule has 0 radical (unpaired) electrons. The highest BCUT2D eigenvalue weighted by Crippen LogP contribution is 2.60. The Morgan fingerprint density at radius 1 is 0.969 bits per heavy atom. The molecule has 2 bridgehead atoms. The summed E-state index contributed by atoms with van der Waals surface area (Å²) in [7, 11) is 0. The summed E-state index contributed by atoms with van der Waals surface area (Å²) in [5.74, 6) is -2.85. The number of esters is 1. The Bertz CT molecular complexity index is 926. The van der Waals surface area contributed by atoms with Gasteiger partial charge in [0.05, 0.1) is 18.3 Å². The summed E-state index contributed by atoms with van der Waals surface area (Å²) < 4.78 is 4.89. The highest BCUT2D eigenvalue weighted by Gasteiger charge is 2.66. The summed E-state index contributed by atoms with van der Waals surface area (Å²) in [5.41, 5.74) is 4.74. The van der Waals surface area contributed by atoms with Crippen LogP contribution in [0.3, 0.4) is 0 Å². The van der Waals surface area contributed by atoms with Gasteiger partial charge in [-0.05, 0) is 30.4 Å². The van der Waals surface area contributed by atoms with Gasteiger partial charge in [-0.1, -0.05) is 50.1 Å². The molecule has 170 valence electrons. The van der Waals surface area contributed by atoms with Crippen LogP contribution in [0, 0.1) is 23.7 Å². The number of fused-ring (bicyclic) bond motifs is 5. The molecular weight excluding hydrogens is 550 g/mol. The third-order valence-corrected chi connectivity index (χ3v) is 9.54. The second-order valence-corrected chi connectivity index (χ2v) is 10.2. The third kappa shape index (κ3) is 4.19. The van der Waals surface area contributed by atoms with Crippen molar-refractivity contribution >= 4 is 61.5 Å². The van der Waals surface area contributed by atoms with Crippen molar-refractivity contribution in [2.75, 3.05) is 13.2 Å². The Balaban J connectivity index is 1.20. The van der Waals surface area contributed by atoms with Gasteiger partial charge >= 0.3 is 5.97 Å². The van der Waals surface area contributed by atoms with Gasteiger partial charge in [0, 0.05) is 21.8 Å². The van der Waals surface area contributed by atoms with Crippen LogP contribution in [0.2, 0.25) is 0 Å². The van der Waals surface area contributed by atoms with Crippen molar-refractivity contribution in [3.8, 4) is 0 Å². The number of hydrogen-bond acceptors (Lipinski definition) is 6. The van der Waals surface area contributed by atoms with Crippen molar-refractivity contribution in [3.63, 3.8) is 0 Å². The molecule has 4 rings (SSSR count). The Morgan fingerprint density at radius 3 is 2.16 bits per heavy atom. The van der Waals surface area contributed by atoms with E-state index in [9.17, 15) is 24.0 Å². The molecule has 0 aromatic heterocycles. The molecule has 1 saturated heterocycles. The monoisotopic (exact) mass is 569 g/mol. The highest BCUT2D eigenvalue weighted by atomic mass is 79.9. The van der Waals surface area contributed by atoms with E-state index in [0.717, 1.165) is 11.3 Å². The topological polar surface area (TPSA) is 122 Å². The van der Waals surface area contributed by atoms with Crippen molar-refractivity contribution in [1.29, 1.82) is 0 Å². The first-order valence-electron chi connectivity index (χ1n) is 10.2. The van der Waals surface area contributed by atoms with E-state index in [1.165, 1.54) is 0 Å². The number of nitrogens with one attached hydrogen (secondary N) is 2. The lowest BCUT2D eigenvalue weighted by Gasteiger charge is -2.28. The fourth-order valence-electron chi connectivity index (χ4n) is 4.88. The number of amides is 4. The summed E-state index contributed by atoms with van der Waals surface area (Å²) in [6.07, 6.45) is 0.635. The van der Waals surface area contributed by atoms with Crippen molar-refractivity contribution in [2.45, 2.75) is 22.5 Å². The molecule has 2 saturated carbocycles. The van der Waals surface area contributed by atoms with E-state index in [2.05, 4.69) is 42.7 Å². The Labute approximate surface area is 200 Å². The molecule has 32 heavy (non-hydrogen) atoms. The maximum atomic E-state index is 12.8. The Morgan fingerprint density at radius 2 is 1.56 bits per heavy atom. The molecule has 2 aliphatic carbocycles. The van der Waals surface area contributed by atoms with E-state index >= 15 is 0 Å². The number of halogens is 2.